The zero-order valence-electron chi connectivity index (χ0n) is 20.2. The van der Waals surface area contributed by atoms with Crippen molar-refractivity contribution in [2.75, 3.05) is 6.61 Å². The molecule has 0 aliphatic rings. The van der Waals surface area contributed by atoms with Gasteiger partial charge in [0.1, 0.15) is 5.75 Å². The first-order valence-corrected chi connectivity index (χ1v) is 12.0. The van der Waals surface area contributed by atoms with E-state index in [1.165, 1.54) is 27.1 Å². The molecule has 0 unspecified atom stereocenters. The van der Waals surface area contributed by atoms with Crippen LogP contribution in [0.1, 0.15) is 63.8 Å². The predicted octanol–water partition coefficient (Wildman–Crippen LogP) is 8.05. The fraction of sp³-hybridized carbons (Fsp3) is 0.345. The molecule has 0 atom stereocenters. The standard InChI is InChI=1S/C29H35NOS/c1-28(2,3)23-18-22(20-30)27(25(19-23)29(4,5)6)31-17-16-21-12-10-11-15-26(21)32-24-13-8-7-9-14-24/h7-15,18-20,30H,16-17H2,1-6H3. The largest absolute Gasteiger partial charge is 0.492 e. The van der Waals surface area contributed by atoms with E-state index in [2.05, 4.69) is 102 Å². The van der Waals surface area contributed by atoms with Gasteiger partial charge in [0.05, 0.1) is 6.61 Å². The van der Waals surface area contributed by atoms with Gasteiger partial charge in [-0.25, -0.2) is 0 Å². The lowest BCUT2D eigenvalue weighted by atomic mass is 9.79. The Morgan fingerprint density at radius 3 is 2.12 bits per heavy atom. The van der Waals surface area contributed by atoms with Crippen molar-refractivity contribution in [2.45, 2.75) is 68.6 Å². The third-order valence-corrected chi connectivity index (χ3v) is 6.63. The van der Waals surface area contributed by atoms with Crippen molar-refractivity contribution in [1.82, 2.24) is 0 Å². The molecule has 0 saturated carbocycles. The first-order chi connectivity index (χ1) is 15.1. The number of hydrogen-bond donors (Lipinski definition) is 1. The van der Waals surface area contributed by atoms with E-state index in [0.29, 0.717) is 6.61 Å². The van der Waals surface area contributed by atoms with E-state index in [1.54, 1.807) is 11.8 Å². The Morgan fingerprint density at radius 2 is 1.50 bits per heavy atom. The van der Waals surface area contributed by atoms with E-state index in [9.17, 15) is 0 Å². The van der Waals surface area contributed by atoms with Crippen LogP contribution in [0, 0.1) is 5.41 Å². The summed E-state index contributed by atoms with van der Waals surface area (Å²) >= 11 is 1.79. The SMILES string of the molecule is CC(C)(C)c1cc(C=N)c(OCCc2ccccc2Sc2ccccc2)c(C(C)(C)C)c1. The van der Waals surface area contributed by atoms with Crippen molar-refractivity contribution < 1.29 is 4.74 Å². The van der Waals surface area contributed by atoms with Crippen LogP contribution in [0.3, 0.4) is 0 Å². The third kappa shape index (κ3) is 6.04. The van der Waals surface area contributed by atoms with Crippen LogP contribution in [0.5, 0.6) is 5.75 Å². The average Bonchev–Trinajstić information content (AvgIpc) is 2.74. The monoisotopic (exact) mass is 445 g/mol. The summed E-state index contributed by atoms with van der Waals surface area (Å²) in [6.07, 6.45) is 2.25. The Hall–Kier alpha value is -2.52. The summed E-state index contributed by atoms with van der Waals surface area (Å²) in [5.74, 6) is 0.841. The lowest BCUT2D eigenvalue weighted by Gasteiger charge is -2.28. The van der Waals surface area contributed by atoms with Crippen LogP contribution in [-0.2, 0) is 17.3 Å². The highest BCUT2D eigenvalue weighted by molar-refractivity contribution is 7.99. The molecule has 2 nitrogen and oxygen atoms in total. The summed E-state index contributed by atoms with van der Waals surface area (Å²) in [4.78, 5) is 2.49. The van der Waals surface area contributed by atoms with Crippen LogP contribution in [0.25, 0.3) is 0 Å². The first-order valence-electron chi connectivity index (χ1n) is 11.2. The van der Waals surface area contributed by atoms with Crippen molar-refractivity contribution in [1.29, 1.82) is 5.41 Å². The molecule has 3 aromatic rings. The van der Waals surface area contributed by atoms with Crippen molar-refractivity contribution in [3.05, 3.63) is 89.0 Å². The Bertz CT molecular complexity index is 1060. The van der Waals surface area contributed by atoms with Crippen molar-refractivity contribution in [2.24, 2.45) is 0 Å². The van der Waals surface area contributed by atoms with Gasteiger partial charge in [-0.05, 0) is 46.2 Å². The molecule has 0 aromatic heterocycles. The number of hydrogen-bond acceptors (Lipinski definition) is 3. The van der Waals surface area contributed by atoms with Gasteiger partial charge in [-0.15, -0.1) is 0 Å². The number of ether oxygens (including phenoxy) is 1. The lowest BCUT2D eigenvalue weighted by Crippen LogP contribution is -2.19. The lowest BCUT2D eigenvalue weighted by molar-refractivity contribution is 0.311. The molecule has 1 N–H and O–H groups in total. The van der Waals surface area contributed by atoms with Crippen molar-refractivity contribution in [3.63, 3.8) is 0 Å². The van der Waals surface area contributed by atoms with Gasteiger partial charge in [0, 0.05) is 33.6 Å². The zero-order chi connectivity index (χ0) is 23.4. The average molecular weight is 446 g/mol. The second kappa shape index (κ2) is 9.95. The quantitative estimate of drug-likeness (QED) is 0.373. The van der Waals surface area contributed by atoms with Gasteiger partial charge in [0.15, 0.2) is 0 Å². The summed E-state index contributed by atoms with van der Waals surface area (Å²) in [5, 5.41) is 8.04. The van der Waals surface area contributed by atoms with E-state index < -0.39 is 0 Å². The third-order valence-electron chi connectivity index (χ3n) is 5.51. The van der Waals surface area contributed by atoms with Crippen LogP contribution in [-0.4, -0.2) is 12.8 Å². The molecule has 168 valence electrons. The Morgan fingerprint density at radius 1 is 0.844 bits per heavy atom. The Kier molecular flexibility index (Phi) is 7.51. The molecule has 3 heteroatoms. The van der Waals surface area contributed by atoms with Gasteiger partial charge in [-0.3, -0.25) is 0 Å². The normalized spacial score (nSPS) is 11.9. The highest BCUT2D eigenvalue weighted by atomic mass is 32.2. The van der Waals surface area contributed by atoms with E-state index in [4.69, 9.17) is 10.1 Å². The van der Waals surface area contributed by atoms with Gasteiger partial charge in [-0.1, -0.05) is 95.8 Å². The van der Waals surface area contributed by atoms with Crippen LogP contribution in [0.2, 0.25) is 0 Å². The van der Waals surface area contributed by atoms with Crippen LogP contribution < -0.4 is 4.74 Å². The maximum atomic E-state index is 8.04. The molecular formula is C29H35NOS. The zero-order valence-corrected chi connectivity index (χ0v) is 21.0. The smallest absolute Gasteiger partial charge is 0.131 e. The van der Waals surface area contributed by atoms with Gasteiger partial charge in [0.2, 0.25) is 0 Å². The molecule has 0 bridgehead atoms. The molecule has 0 amide bonds. The van der Waals surface area contributed by atoms with Gasteiger partial charge >= 0.3 is 0 Å². The van der Waals surface area contributed by atoms with Crippen LogP contribution in [0.15, 0.2) is 76.5 Å². The second-order valence-corrected chi connectivity index (χ2v) is 11.3. The summed E-state index contributed by atoms with van der Waals surface area (Å²) in [7, 11) is 0. The highest BCUT2D eigenvalue weighted by Crippen LogP contribution is 2.38. The van der Waals surface area contributed by atoms with Crippen LogP contribution >= 0.6 is 11.8 Å². The maximum Gasteiger partial charge on any atom is 0.131 e. The summed E-state index contributed by atoms with van der Waals surface area (Å²) in [6, 6.07) is 23.4. The van der Waals surface area contributed by atoms with Gasteiger partial charge in [0.25, 0.3) is 0 Å². The second-order valence-electron chi connectivity index (χ2n) is 10.2. The van der Waals surface area contributed by atoms with E-state index in [-0.39, 0.29) is 10.8 Å². The molecule has 0 spiro atoms. The number of rotatable bonds is 7. The van der Waals surface area contributed by atoms with Gasteiger partial charge in [-0.2, -0.15) is 0 Å². The summed E-state index contributed by atoms with van der Waals surface area (Å²) in [6.45, 7) is 13.8. The van der Waals surface area contributed by atoms with E-state index in [1.807, 2.05) is 6.07 Å². The number of nitrogens with one attached hydrogen (secondary N) is 1. The summed E-state index contributed by atoms with van der Waals surface area (Å²) < 4.78 is 6.40. The topological polar surface area (TPSA) is 33.1 Å². The summed E-state index contributed by atoms with van der Waals surface area (Å²) in [5.41, 5.74) is 4.48. The predicted molar refractivity (Wildman–Crippen MR) is 138 cm³/mol. The van der Waals surface area contributed by atoms with Crippen LogP contribution in [0.4, 0.5) is 0 Å². The fourth-order valence-electron chi connectivity index (χ4n) is 3.60. The maximum absolute atomic E-state index is 8.04. The molecule has 0 heterocycles. The van der Waals surface area contributed by atoms with Crippen molar-refractivity contribution >= 4 is 18.0 Å². The Labute approximate surface area is 197 Å². The molecule has 0 aliphatic carbocycles. The van der Waals surface area contributed by atoms with E-state index >= 15 is 0 Å². The minimum atomic E-state index is -0.0740. The molecular weight excluding hydrogens is 410 g/mol. The molecule has 0 radical (unpaired) electrons. The minimum absolute atomic E-state index is 0.0177. The number of benzene rings is 3. The molecule has 0 fully saturated rings. The first kappa shape index (κ1) is 24.1. The molecule has 3 aromatic carbocycles. The molecule has 32 heavy (non-hydrogen) atoms. The van der Waals surface area contributed by atoms with Crippen molar-refractivity contribution in [3.8, 4) is 5.75 Å². The minimum Gasteiger partial charge on any atom is -0.492 e. The molecule has 0 aliphatic heterocycles. The molecule has 3 rings (SSSR count). The fourth-order valence-corrected chi connectivity index (χ4v) is 4.59. The van der Waals surface area contributed by atoms with E-state index in [0.717, 1.165) is 23.3 Å². The molecule has 0 saturated heterocycles. The van der Waals surface area contributed by atoms with Gasteiger partial charge < -0.3 is 10.1 Å². The Balaban J connectivity index is 1.84. The highest BCUT2D eigenvalue weighted by Gasteiger charge is 2.25.